The van der Waals surface area contributed by atoms with Gasteiger partial charge in [-0.15, -0.1) is 0 Å². The molecule has 0 spiro atoms. The summed E-state index contributed by atoms with van der Waals surface area (Å²) in [7, 11) is 0. The maximum absolute atomic E-state index is 12.1. The smallest absolute Gasteiger partial charge is 0.410 e. The summed E-state index contributed by atoms with van der Waals surface area (Å²) in [6.07, 6.45) is -0.297. The first kappa shape index (κ1) is 13.1. The van der Waals surface area contributed by atoms with Crippen molar-refractivity contribution < 1.29 is 14.3 Å². The highest BCUT2D eigenvalue weighted by Gasteiger charge is 2.45. The van der Waals surface area contributed by atoms with Gasteiger partial charge in [0.1, 0.15) is 17.5 Å². The molecule has 2 heterocycles. The van der Waals surface area contributed by atoms with Gasteiger partial charge in [-0.1, -0.05) is 6.07 Å². The number of carbonyl (C=O) groups is 1. The third kappa shape index (κ3) is 2.17. The summed E-state index contributed by atoms with van der Waals surface area (Å²) >= 11 is 0. The first-order chi connectivity index (χ1) is 9.35. The van der Waals surface area contributed by atoms with Crippen LogP contribution in [0.4, 0.5) is 10.5 Å². The van der Waals surface area contributed by atoms with Gasteiger partial charge in [0.2, 0.25) is 0 Å². The number of rotatable bonds is 0. The van der Waals surface area contributed by atoms with Gasteiger partial charge >= 0.3 is 6.09 Å². The molecule has 20 heavy (non-hydrogen) atoms. The third-order valence-corrected chi connectivity index (χ3v) is 3.67. The molecule has 1 aromatic rings. The number of hydrogen-bond acceptors (Lipinski definition) is 4. The number of ether oxygens (including phenoxy) is 2. The molecule has 0 radical (unpaired) electrons. The summed E-state index contributed by atoms with van der Waals surface area (Å²) in [5.74, 6) is 1.00. The Morgan fingerprint density at radius 1 is 1.40 bits per heavy atom. The Labute approximate surface area is 118 Å². The molecule has 2 aliphatic heterocycles. The van der Waals surface area contributed by atoms with Crippen LogP contribution in [0.1, 0.15) is 32.3 Å². The van der Waals surface area contributed by atoms with Crippen LogP contribution in [0.5, 0.6) is 5.75 Å². The van der Waals surface area contributed by atoms with Crippen LogP contribution in [0.25, 0.3) is 0 Å². The summed E-state index contributed by atoms with van der Waals surface area (Å²) < 4.78 is 11.3. The third-order valence-electron chi connectivity index (χ3n) is 3.67. The van der Waals surface area contributed by atoms with E-state index in [0.29, 0.717) is 13.1 Å². The molecule has 2 aliphatic rings. The number of nitrogens with zero attached hydrogens (tertiary/aromatic N) is 1. The molecular weight excluding hydrogens is 256 g/mol. The molecule has 0 aliphatic carbocycles. The second-order valence-electron chi connectivity index (χ2n) is 6.41. The van der Waals surface area contributed by atoms with Gasteiger partial charge in [0.05, 0.1) is 6.54 Å². The van der Waals surface area contributed by atoms with E-state index in [4.69, 9.17) is 15.2 Å². The Balaban J connectivity index is 1.76. The van der Waals surface area contributed by atoms with E-state index in [2.05, 4.69) is 0 Å². The molecule has 2 atom stereocenters. The summed E-state index contributed by atoms with van der Waals surface area (Å²) in [5.41, 5.74) is 7.33. The Hall–Kier alpha value is -1.91. The molecule has 3 rings (SSSR count). The van der Waals surface area contributed by atoms with Crippen LogP contribution in [-0.4, -0.2) is 35.8 Å². The van der Waals surface area contributed by atoms with Gasteiger partial charge in [0, 0.05) is 23.7 Å². The molecule has 1 fully saturated rings. The predicted octanol–water partition coefficient (Wildman–Crippen LogP) is 2.36. The number of nitrogen functional groups attached to an aromatic ring is 1. The minimum atomic E-state index is -0.480. The minimum absolute atomic E-state index is 0.0118. The van der Waals surface area contributed by atoms with Crippen molar-refractivity contribution in [3.05, 3.63) is 23.8 Å². The molecule has 1 saturated heterocycles. The molecule has 0 aromatic heterocycles. The van der Waals surface area contributed by atoms with Crippen LogP contribution >= 0.6 is 0 Å². The van der Waals surface area contributed by atoms with Crippen LogP contribution in [0.15, 0.2) is 18.2 Å². The number of likely N-dealkylation sites (tertiary alicyclic amines) is 1. The first-order valence-electron chi connectivity index (χ1n) is 6.88. The number of amides is 1. The zero-order valence-corrected chi connectivity index (χ0v) is 12.1. The van der Waals surface area contributed by atoms with Crippen molar-refractivity contribution in [2.24, 2.45) is 0 Å². The van der Waals surface area contributed by atoms with E-state index >= 15 is 0 Å². The molecule has 0 saturated carbocycles. The number of anilines is 1. The van der Waals surface area contributed by atoms with Crippen molar-refractivity contribution in [1.82, 2.24) is 4.90 Å². The van der Waals surface area contributed by atoms with E-state index < -0.39 is 5.60 Å². The predicted molar refractivity (Wildman–Crippen MR) is 75.8 cm³/mol. The lowest BCUT2D eigenvalue weighted by atomic mass is 9.97. The zero-order valence-electron chi connectivity index (χ0n) is 12.1. The number of nitrogens with two attached hydrogens (primary N) is 1. The van der Waals surface area contributed by atoms with Gasteiger partial charge in [-0.25, -0.2) is 4.79 Å². The molecule has 2 N–H and O–H groups in total. The summed E-state index contributed by atoms with van der Waals surface area (Å²) in [5, 5.41) is 0. The van der Waals surface area contributed by atoms with Crippen molar-refractivity contribution in [2.45, 2.75) is 38.4 Å². The topological polar surface area (TPSA) is 64.8 Å². The SMILES string of the molecule is CC(C)(C)OC(=O)N1C[C@H]2Oc3cccc(N)c3[C@@H]2C1. The van der Waals surface area contributed by atoms with E-state index in [-0.39, 0.29) is 18.1 Å². The monoisotopic (exact) mass is 276 g/mol. The Morgan fingerprint density at radius 2 is 2.15 bits per heavy atom. The van der Waals surface area contributed by atoms with E-state index in [9.17, 15) is 4.79 Å². The Kier molecular flexibility index (Phi) is 2.81. The number of benzene rings is 1. The highest BCUT2D eigenvalue weighted by Crippen LogP contribution is 2.45. The largest absolute Gasteiger partial charge is 0.487 e. The number of fused-ring (bicyclic) bond motifs is 3. The van der Waals surface area contributed by atoms with Crippen molar-refractivity contribution >= 4 is 11.8 Å². The minimum Gasteiger partial charge on any atom is -0.487 e. The van der Waals surface area contributed by atoms with Crippen LogP contribution in [0.2, 0.25) is 0 Å². The number of hydrogen-bond donors (Lipinski definition) is 1. The Bertz CT molecular complexity index is 551. The maximum atomic E-state index is 12.1. The average molecular weight is 276 g/mol. The quantitative estimate of drug-likeness (QED) is 0.739. The first-order valence-corrected chi connectivity index (χ1v) is 6.88. The van der Waals surface area contributed by atoms with Gasteiger partial charge in [0.15, 0.2) is 0 Å². The standard InChI is InChI=1S/C15H20N2O3/c1-15(2,3)20-14(18)17-7-9-12(8-17)19-11-6-4-5-10(16)13(9)11/h4-6,9,12H,7-8,16H2,1-3H3/t9-,12-/m1/s1. The molecule has 1 amide bonds. The van der Waals surface area contributed by atoms with Crippen molar-refractivity contribution in [2.75, 3.05) is 18.8 Å². The van der Waals surface area contributed by atoms with Gasteiger partial charge in [-0.2, -0.15) is 0 Å². The van der Waals surface area contributed by atoms with Crippen LogP contribution < -0.4 is 10.5 Å². The fourth-order valence-electron chi connectivity index (χ4n) is 2.87. The van der Waals surface area contributed by atoms with Gasteiger partial charge in [0.25, 0.3) is 0 Å². The van der Waals surface area contributed by atoms with Gasteiger partial charge in [-0.05, 0) is 32.9 Å². The molecule has 5 nitrogen and oxygen atoms in total. The lowest BCUT2D eigenvalue weighted by molar-refractivity contribution is 0.0273. The molecule has 0 unspecified atom stereocenters. The van der Waals surface area contributed by atoms with Gasteiger partial charge < -0.3 is 20.1 Å². The molecular formula is C15H20N2O3. The summed E-state index contributed by atoms with van der Waals surface area (Å²) in [4.78, 5) is 13.8. The highest BCUT2D eigenvalue weighted by atomic mass is 16.6. The van der Waals surface area contributed by atoms with E-state index in [0.717, 1.165) is 17.0 Å². The lowest BCUT2D eigenvalue weighted by Crippen LogP contribution is -2.36. The zero-order chi connectivity index (χ0) is 14.5. The van der Waals surface area contributed by atoms with Crippen molar-refractivity contribution in [3.8, 4) is 5.75 Å². The van der Waals surface area contributed by atoms with Gasteiger partial charge in [-0.3, -0.25) is 0 Å². The van der Waals surface area contributed by atoms with Crippen LogP contribution in [0, 0.1) is 0 Å². The second kappa shape index (κ2) is 4.30. The van der Waals surface area contributed by atoms with E-state index in [1.807, 2.05) is 39.0 Å². The second-order valence-corrected chi connectivity index (χ2v) is 6.41. The normalized spacial score (nSPS) is 24.1. The van der Waals surface area contributed by atoms with Crippen LogP contribution in [0.3, 0.4) is 0 Å². The Morgan fingerprint density at radius 3 is 2.85 bits per heavy atom. The van der Waals surface area contributed by atoms with E-state index in [1.54, 1.807) is 4.90 Å². The van der Waals surface area contributed by atoms with E-state index in [1.165, 1.54) is 0 Å². The average Bonchev–Trinajstić information content (AvgIpc) is 2.83. The number of carbonyl (C=O) groups excluding carboxylic acids is 1. The lowest BCUT2D eigenvalue weighted by Gasteiger charge is -2.24. The molecule has 0 bridgehead atoms. The molecule has 5 heteroatoms. The van der Waals surface area contributed by atoms with Crippen molar-refractivity contribution in [3.63, 3.8) is 0 Å². The summed E-state index contributed by atoms with van der Waals surface area (Å²) in [6.45, 7) is 6.75. The van der Waals surface area contributed by atoms with Crippen LogP contribution in [-0.2, 0) is 4.74 Å². The van der Waals surface area contributed by atoms with Crippen molar-refractivity contribution in [1.29, 1.82) is 0 Å². The fraction of sp³-hybridized carbons (Fsp3) is 0.533. The fourth-order valence-corrected chi connectivity index (χ4v) is 2.87. The summed E-state index contributed by atoms with van der Waals surface area (Å²) in [6, 6.07) is 5.70. The highest BCUT2D eigenvalue weighted by molar-refractivity contribution is 5.70. The molecule has 1 aromatic carbocycles. The maximum Gasteiger partial charge on any atom is 0.410 e. The molecule has 108 valence electrons.